The first-order valence-electron chi connectivity index (χ1n) is 7.53. The van der Waals surface area contributed by atoms with Gasteiger partial charge in [-0.1, -0.05) is 0 Å². The number of fused-ring (bicyclic) bond motifs is 2. The van der Waals surface area contributed by atoms with Gasteiger partial charge >= 0.3 is 5.97 Å². The maximum Gasteiger partial charge on any atom is 0.331 e. The number of amides is 1. The summed E-state index contributed by atoms with van der Waals surface area (Å²) in [5, 5.41) is 2.76. The summed E-state index contributed by atoms with van der Waals surface area (Å²) in [5.41, 5.74) is 1.54. The Morgan fingerprint density at radius 2 is 2.17 bits per heavy atom. The Kier molecular flexibility index (Phi) is 3.92. The van der Waals surface area contributed by atoms with E-state index in [1.165, 1.54) is 12.3 Å². The number of nitrogens with one attached hydrogen (secondary N) is 1. The number of anilines is 1. The van der Waals surface area contributed by atoms with E-state index in [4.69, 9.17) is 4.74 Å². The lowest BCUT2D eigenvalue weighted by Crippen LogP contribution is -2.22. The van der Waals surface area contributed by atoms with Crippen molar-refractivity contribution in [1.29, 1.82) is 0 Å². The third-order valence-electron chi connectivity index (χ3n) is 3.32. The van der Waals surface area contributed by atoms with Gasteiger partial charge in [-0.2, -0.15) is 0 Å². The second-order valence-corrected chi connectivity index (χ2v) is 6.50. The van der Waals surface area contributed by atoms with Gasteiger partial charge in [0.1, 0.15) is 17.1 Å². The van der Waals surface area contributed by atoms with Gasteiger partial charge in [0.05, 0.1) is 19.1 Å². The van der Waals surface area contributed by atoms with Crippen LogP contribution < -0.4 is 5.32 Å². The first kappa shape index (κ1) is 15.9. The molecular formula is C17H18N4O3. The quantitative estimate of drug-likeness (QED) is 0.676. The van der Waals surface area contributed by atoms with Gasteiger partial charge in [0, 0.05) is 17.8 Å². The summed E-state index contributed by atoms with van der Waals surface area (Å²) in [6.07, 6.45) is 7.73. The van der Waals surface area contributed by atoms with Gasteiger partial charge in [-0.3, -0.25) is 4.79 Å². The van der Waals surface area contributed by atoms with Crippen LogP contribution in [0.5, 0.6) is 0 Å². The highest BCUT2D eigenvalue weighted by atomic mass is 16.6. The number of imidazole rings is 1. The molecular weight excluding hydrogens is 308 g/mol. The molecule has 2 aromatic heterocycles. The highest BCUT2D eigenvalue weighted by Crippen LogP contribution is 2.21. The van der Waals surface area contributed by atoms with E-state index in [9.17, 15) is 9.59 Å². The van der Waals surface area contributed by atoms with E-state index in [-0.39, 0.29) is 5.91 Å². The van der Waals surface area contributed by atoms with Gasteiger partial charge in [0.15, 0.2) is 0 Å². The highest BCUT2D eigenvalue weighted by Gasteiger charge is 2.20. The average molecular weight is 326 g/mol. The van der Waals surface area contributed by atoms with E-state index in [0.717, 1.165) is 11.1 Å². The van der Waals surface area contributed by atoms with Crippen molar-refractivity contribution in [3.8, 4) is 0 Å². The number of hydrogen-bond donors (Lipinski definition) is 1. The largest absolute Gasteiger partial charge is 0.457 e. The van der Waals surface area contributed by atoms with Crippen molar-refractivity contribution in [3.63, 3.8) is 0 Å². The predicted octanol–water partition coefficient (Wildman–Crippen LogP) is 2.25. The molecule has 1 amide bonds. The molecule has 124 valence electrons. The first-order chi connectivity index (χ1) is 11.3. The Hall–Kier alpha value is -2.96. The van der Waals surface area contributed by atoms with Crippen LogP contribution in [0.1, 0.15) is 42.4 Å². The molecule has 7 heteroatoms. The Labute approximate surface area is 139 Å². The lowest BCUT2D eigenvalue weighted by molar-refractivity contribution is -0.148. The molecule has 3 rings (SSSR count). The number of aromatic nitrogens is 3. The van der Waals surface area contributed by atoms with Crippen molar-refractivity contribution in [2.75, 3.05) is 5.32 Å². The first-order valence-corrected chi connectivity index (χ1v) is 7.53. The maximum atomic E-state index is 12.1. The standard InChI is InChI=1S/C17H18N4O3/c1-17(2,3)24-14(22)5-4-11-6-12-9-21-10-18-8-13(21)16(23)20-15(12)19-7-11/h4-8,10H,9H2,1-3H3,(H,19,20,23)/b5-4+. The van der Waals surface area contributed by atoms with Crippen molar-refractivity contribution in [3.05, 3.63) is 47.7 Å². The van der Waals surface area contributed by atoms with Gasteiger partial charge in [0.2, 0.25) is 0 Å². The smallest absolute Gasteiger partial charge is 0.331 e. The molecule has 0 aliphatic carbocycles. The summed E-state index contributed by atoms with van der Waals surface area (Å²) in [4.78, 5) is 32.1. The van der Waals surface area contributed by atoms with Gasteiger partial charge < -0.3 is 14.6 Å². The fourth-order valence-corrected chi connectivity index (χ4v) is 2.34. The molecule has 1 N–H and O–H groups in total. The summed E-state index contributed by atoms with van der Waals surface area (Å²) < 4.78 is 6.98. The fraction of sp³-hybridized carbons (Fsp3) is 0.294. The van der Waals surface area contributed by atoms with Crippen LogP contribution in [0.25, 0.3) is 6.08 Å². The summed E-state index contributed by atoms with van der Waals surface area (Å²) in [6.45, 7) is 5.92. The number of esters is 1. The van der Waals surface area contributed by atoms with Crippen molar-refractivity contribution in [1.82, 2.24) is 14.5 Å². The molecule has 0 fully saturated rings. The normalized spacial score (nSPS) is 13.9. The number of hydrogen-bond acceptors (Lipinski definition) is 5. The molecule has 24 heavy (non-hydrogen) atoms. The van der Waals surface area contributed by atoms with Crippen molar-refractivity contribution >= 4 is 23.8 Å². The molecule has 0 spiro atoms. The predicted molar refractivity (Wildman–Crippen MR) is 88.4 cm³/mol. The molecule has 7 nitrogen and oxygen atoms in total. The Morgan fingerprint density at radius 1 is 1.38 bits per heavy atom. The fourth-order valence-electron chi connectivity index (χ4n) is 2.34. The second kappa shape index (κ2) is 5.92. The van der Waals surface area contributed by atoms with Crippen LogP contribution in [0.4, 0.5) is 5.82 Å². The molecule has 0 atom stereocenters. The zero-order valence-electron chi connectivity index (χ0n) is 13.7. The minimum Gasteiger partial charge on any atom is -0.457 e. The number of pyridine rings is 1. The summed E-state index contributed by atoms with van der Waals surface area (Å²) in [7, 11) is 0. The Morgan fingerprint density at radius 3 is 2.92 bits per heavy atom. The van der Waals surface area contributed by atoms with Crippen molar-refractivity contribution in [2.45, 2.75) is 32.9 Å². The minimum atomic E-state index is -0.532. The van der Waals surface area contributed by atoms with E-state index in [1.54, 1.807) is 23.2 Å². The molecule has 3 heterocycles. The Bertz CT molecular complexity index is 831. The number of nitrogens with zero attached hydrogens (tertiary/aromatic N) is 3. The topological polar surface area (TPSA) is 86.1 Å². The molecule has 0 unspecified atom stereocenters. The van der Waals surface area contributed by atoms with Crippen molar-refractivity contribution in [2.24, 2.45) is 0 Å². The molecule has 0 aromatic carbocycles. The second-order valence-electron chi connectivity index (χ2n) is 6.50. The summed E-state index contributed by atoms with van der Waals surface area (Å²) in [6, 6.07) is 1.87. The van der Waals surface area contributed by atoms with Crippen LogP contribution in [-0.2, 0) is 16.1 Å². The van der Waals surface area contributed by atoms with Gasteiger partial charge in [-0.15, -0.1) is 0 Å². The molecule has 0 saturated carbocycles. The zero-order valence-corrected chi connectivity index (χ0v) is 13.7. The van der Waals surface area contributed by atoms with Crippen LogP contribution in [0.3, 0.4) is 0 Å². The molecule has 2 aromatic rings. The highest BCUT2D eigenvalue weighted by molar-refractivity contribution is 6.03. The van der Waals surface area contributed by atoms with Crippen molar-refractivity contribution < 1.29 is 14.3 Å². The Balaban J connectivity index is 1.82. The van der Waals surface area contributed by atoms with Gasteiger partial charge in [-0.05, 0) is 38.5 Å². The van der Waals surface area contributed by atoms with E-state index in [1.807, 2.05) is 26.8 Å². The number of rotatable bonds is 2. The number of carbonyl (C=O) groups excluding carboxylic acids is 2. The van der Waals surface area contributed by atoms with E-state index in [2.05, 4.69) is 15.3 Å². The minimum absolute atomic E-state index is 0.240. The molecule has 0 saturated heterocycles. The molecule has 1 aliphatic rings. The number of ether oxygens (including phenoxy) is 1. The molecule has 0 bridgehead atoms. The summed E-state index contributed by atoms with van der Waals surface area (Å²) >= 11 is 0. The van der Waals surface area contributed by atoms with Crippen LogP contribution >= 0.6 is 0 Å². The van der Waals surface area contributed by atoms with Crippen LogP contribution in [0.15, 0.2) is 30.9 Å². The molecule has 0 radical (unpaired) electrons. The SMILES string of the molecule is CC(C)(C)OC(=O)/C=C/c1cnc2c(c1)Cn1cncc1C(=O)N2. The van der Waals surface area contributed by atoms with Crippen LogP contribution in [0, 0.1) is 0 Å². The molecule has 1 aliphatic heterocycles. The third-order valence-corrected chi connectivity index (χ3v) is 3.32. The number of carbonyl (C=O) groups is 2. The van der Waals surface area contributed by atoms with Gasteiger partial charge in [0.25, 0.3) is 5.91 Å². The summed E-state index contributed by atoms with van der Waals surface area (Å²) in [5.74, 6) is -0.142. The third kappa shape index (κ3) is 3.51. The van der Waals surface area contributed by atoms with E-state index < -0.39 is 11.6 Å². The maximum absolute atomic E-state index is 12.1. The lowest BCUT2D eigenvalue weighted by Gasteiger charge is -2.17. The van der Waals surface area contributed by atoms with Crippen LogP contribution in [-0.4, -0.2) is 32.0 Å². The lowest BCUT2D eigenvalue weighted by atomic mass is 10.1. The van der Waals surface area contributed by atoms with Gasteiger partial charge in [-0.25, -0.2) is 14.8 Å². The average Bonchev–Trinajstić information content (AvgIpc) is 2.89. The van der Waals surface area contributed by atoms with Crippen LogP contribution in [0.2, 0.25) is 0 Å². The van der Waals surface area contributed by atoms with E-state index in [0.29, 0.717) is 18.1 Å². The monoisotopic (exact) mass is 326 g/mol. The zero-order chi connectivity index (χ0) is 17.3. The van der Waals surface area contributed by atoms with E-state index >= 15 is 0 Å².